The molecule has 0 aliphatic carbocycles. The van der Waals surface area contributed by atoms with Gasteiger partial charge in [-0.2, -0.15) is 0 Å². The second kappa shape index (κ2) is 7.64. The highest BCUT2D eigenvalue weighted by molar-refractivity contribution is 6.30. The number of hydrogen-bond acceptors (Lipinski definition) is 2. The average Bonchev–Trinajstić information content (AvgIpc) is 2.57. The Bertz CT molecular complexity index is 700. The lowest BCUT2D eigenvalue weighted by Gasteiger charge is -2.34. The molecule has 0 unspecified atom stereocenters. The van der Waals surface area contributed by atoms with Gasteiger partial charge in [-0.05, 0) is 35.9 Å². The Hall–Kier alpha value is -2.11. The molecule has 0 atom stereocenters. The molecule has 6 heteroatoms. The summed E-state index contributed by atoms with van der Waals surface area (Å²) in [5.74, 6) is -0.221. The number of hydrogen-bond donors (Lipinski definition) is 1. The number of rotatable bonds is 3. The molecule has 3 rings (SSSR count). The summed E-state index contributed by atoms with van der Waals surface area (Å²) in [5.41, 5.74) is 1.77. The zero-order valence-corrected chi connectivity index (χ0v) is 14.0. The summed E-state index contributed by atoms with van der Waals surface area (Å²) < 4.78 is 12.9. The van der Waals surface area contributed by atoms with Crippen LogP contribution in [0, 0.1) is 5.82 Å². The third-order valence-corrected chi connectivity index (χ3v) is 4.29. The maximum absolute atomic E-state index is 12.9. The summed E-state index contributed by atoms with van der Waals surface area (Å²) in [6.07, 6.45) is 0. The van der Waals surface area contributed by atoms with Crippen molar-refractivity contribution in [3.8, 4) is 0 Å². The van der Waals surface area contributed by atoms with Crippen LogP contribution in [0.25, 0.3) is 0 Å². The lowest BCUT2D eigenvalue weighted by atomic mass is 10.2. The van der Waals surface area contributed by atoms with Crippen molar-refractivity contribution < 1.29 is 9.18 Å². The Labute approximate surface area is 145 Å². The molecule has 1 saturated heterocycles. The van der Waals surface area contributed by atoms with Crippen molar-refractivity contribution >= 4 is 23.3 Å². The summed E-state index contributed by atoms with van der Waals surface area (Å²) in [5, 5.41) is 3.46. The zero-order chi connectivity index (χ0) is 16.9. The molecule has 1 aliphatic heterocycles. The van der Waals surface area contributed by atoms with Crippen LogP contribution in [0.3, 0.4) is 0 Å². The van der Waals surface area contributed by atoms with Crippen LogP contribution >= 0.6 is 11.6 Å². The van der Waals surface area contributed by atoms with E-state index in [0.717, 1.165) is 25.2 Å². The highest BCUT2D eigenvalue weighted by Gasteiger charge is 2.21. The minimum atomic E-state index is -0.221. The number of amides is 2. The van der Waals surface area contributed by atoms with Gasteiger partial charge < -0.3 is 10.2 Å². The van der Waals surface area contributed by atoms with E-state index >= 15 is 0 Å². The first-order valence-corrected chi connectivity index (χ1v) is 8.26. The molecule has 0 bridgehead atoms. The predicted molar refractivity (Wildman–Crippen MR) is 93.7 cm³/mol. The molecule has 1 N–H and O–H groups in total. The number of piperazine rings is 1. The van der Waals surface area contributed by atoms with Gasteiger partial charge in [-0.1, -0.05) is 29.8 Å². The van der Waals surface area contributed by atoms with Crippen LogP contribution in [0.15, 0.2) is 48.5 Å². The highest BCUT2D eigenvalue weighted by Crippen LogP contribution is 2.16. The van der Waals surface area contributed by atoms with Gasteiger partial charge in [-0.15, -0.1) is 0 Å². The number of urea groups is 1. The van der Waals surface area contributed by atoms with E-state index in [4.69, 9.17) is 11.6 Å². The number of nitrogens with zero attached hydrogens (tertiary/aromatic N) is 2. The molecular weight excluding hydrogens is 329 g/mol. The van der Waals surface area contributed by atoms with Crippen molar-refractivity contribution in [3.63, 3.8) is 0 Å². The number of carbonyl (C=O) groups is 1. The average molecular weight is 348 g/mol. The molecular formula is C18H19ClFN3O. The van der Waals surface area contributed by atoms with Gasteiger partial charge >= 0.3 is 6.03 Å². The molecule has 2 aromatic rings. The normalized spacial score (nSPS) is 15.3. The fourth-order valence-electron chi connectivity index (χ4n) is 2.73. The third kappa shape index (κ3) is 4.46. The molecule has 1 aliphatic rings. The van der Waals surface area contributed by atoms with Crippen molar-refractivity contribution in [3.05, 3.63) is 64.9 Å². The number of nitrogens with one attached hydrogen (secondary N) is 1. The van der Waals surface area contributed by atoms with E-state index in [0.29, 0.717) is 23.8 Å². The highest BCUT2D eigenvalue weighted by atomic mass is 35.5. The van der Waals surface area contributed by atoms with Gasteiger partial charge in [0, 0.05) is 43.4 Å². The van der Waals surface area contributed by atoms with Gasteiger partial charge in [0.1, 0.15) is 5.82 Å². The fourth-order valence-corrected chi connectivity index (χ4v) is 2.92. The van der Waals surface area contributed by atoms with Crippen LogP contribution in [-0.4, -0.2) is 42.0 Å². The smallest absolute Gasteiger partial charge is 0.321 e. The van der Waals surface area contributed by atoms with Gasteiger partial charge in [0.15, 0.2) is 0 Å². The number of anilines is 1. The monoisotopic (exact) mass is 347 g/mol. The molecule has 1 fully saturated rings. The molecule has 126 valence electrons. The Kier molecular flexibility index (Phi) is 5.33. The topological polar surface area (TPSA) is 35.6 Å². The molecule has 0 spiro atoms. The first kappa shape index (κ1) is 16.7. The van der Waals surface area contributed by atoms with Crippen molar-refractivity contribution in [2.45, 2.75) is 6.54 Å². The molecule has 1 heterocycles. The van der Waals surface area contributed by atoms with Crippen molar-refractivity contribution in [1.29, 1.82) is 0 Å². The first-order valence-electron chi connectivity index (χ1n) is 7.88. The summed E-state index contributed by atoms with van der Waals surface area (Å²) in [7, 11) is 0. The summed E-state index contributed by atoms with van der Waals surface area (Å²) in [4.78, 5) is 16.3. The van der Waals surface area contributed by atoms with Gasteiger partial charge in [0.2, 0.25) is 0 Å². The molecule has 0 aromatic heterocycles. The van der Waals surface area contributed by atoms with E-state index in [1.807, 2.05) is 6.07 Å². The van der Waals surface area contributed by atoms with Crippen LogP contribution in [0.2, 0.25) is 5.02 Å². The van der Waals surface area contributed by atoms with E-state index < -0.39 is 0 Å². The fraction of sp³-hybridized carbons (Fsp3) is 0.278. The molecule has 2 amide bonds. The second-order valence-electron chi connectivity index (χ2n) is 5.83. The van der Waals surface area contributed by atoms with Crippen LogP contribution in [0.1, 0.15) is 5.56 Å². The maximum Gasteiger partial charge on any atom is 0.321 e. The van der Waals surface area contributed by atoms with Crippen molar-refractivity contribution in [2.24, 2.45) is 0 Å². The second-order valence-corrected chi connectivity index (χ2v) is 6.27. The van der Waals surface area contributed by atoms with Crippen LogP contribution < -0.4 is 5.32 Å². The van der Waals surface area contributed by atoms with Crippen molar-refractivity contribution in [1.82, 2.24) is 9.80 Å². The molecule has 24 heavy (non-hydrogen) atoms. The summed E-state index contributed by atoms with van der Waals surface area (Å²) in [6.45, 7) is 3.67. The first-order chi connectivity index (χ1) is 11.6. The quantitative estimate of drug-likeness (QED) is 0.916. The van der Waals surface area contributed by atoms with Gasteiger partial charge in [-0.3, -0.25) is 4.90 Å². The van der Waals surface area contributed by atoms with E-state index in [2.05, 4.69) is 10.2 Å². The minimum Gasteiger partial charge on any atom is -0.322 e. The van der Waals surface area contributed by atoms with E-state index in [9.17, 15) is 9.18 Å². The standard InChI is InChI=1S/C18H19ClFN3O/c19-15-2-1-3-17(12-15)21-18(24)23-10-8-22(9-11-23)13-14-4-6-16(20)7-5-14/h1-7,12H,8-11,13H2,(H,21,24). The molecule has 2 aromatic carbocycles. The van der Waals surface area contributed by atoms with E-state index in [1.165, 1.54) is 12.1 Å². The lowest BCUT2D eigenvalue weighted by Crippen LogP contribution is -2.49. The Morgan fingerprint density at radius 1 is 1.08 bits per heavy atom. The molecule has 0 saturated carbocycles. The Morgan fingerprint density at radius 2 is 1.79 bits per heavy atom. The van der Waals surface area contributed by atoms with Gasteiger partial charge in [-0.25, -0.2) is 9.18 Å². The number of halogens is 2. The van der Waals surface area contributed by atoms with Crippen LogP contribution in [0.4, 0.5) is 14.9 Å². The Morgan fingerprint density at radius 3 is 2.46 bits per heavy atom. The third-order valence-electron chi connectivity index (χ3n) is 4.05. The Balaban J connectivity index is 1.49. The summed E-state index contributed by atoms with van der Waals surface area (Å²) in [6, 6.07) is 13.6. The molecule has 4 nitrogen and oxygen atoms in total. The predicted octanol–water partition coefficient (Wildman–Crippen LogP) is 3.83. The molecule has 0 radical (unpaired) electrons. The number of benzene rings is 2. The van der Waals surface area contributed by atoms with Crippen LogP contribution in [-0.2, 0) is 6.54 Å². The largest absolute Gasteiger partial charge is 0.322 e. The maximum atomic E-state index is 12.9. The van der Waals surface area contributed by atoms with E-state index in [1.54, 1.807) is 35.2 Å². The van der Waals surface area contributed by atoms with Gasteiger partial charge in [0.25, 0.3) is 0 Å². The van der Waals surface area contributed by atoms with E-state index in [-0.39, 0.29) is 11.8 Å². The summed E-state index contributed by atoms with van der Waals surface area (Å²) >= 11 is 5.92. The SMILES string of the molecule is O=C(Nc1cccc(Cl)c1)N1CCN(Cc2ccc(F)cc2)CC1. The number of carbonyl (C=O) groups excluding carboxylic acids is 1. The van der Waals surface area contributed by atoms with Gasteiger partial charge in [0.05, 0.1) is 0 Å². The minimum absolute atomic E-state index is 0.112. The zero-order valence-electron chi connectivity index (χ0n) is 13.2. The lowest BCUT2D eigenvalue weighted by molar-refractivity contribution is 0.143. The van der Waals surface area contributed by atoms with Crippen LogP contribution in [0.5, 0.6) is 0 Å². The van der Waals surface area contributed by atoms with Crippen molar-refractivity contribution in [2.75, 3.05) is 31.5 Å².